The van der Waals surface area contributed by atoms with Crippen molar-refractivity contribution < 1.29 is 9.13 Å². The van der Waals surface area contributed by atoms with Gasteiger partial charge >= 0.3 is 0 Å². The van der Waals surface area contributed by atoms with Crippen molar-refractivity contribution in [2.75, 3.05) is 33.2 Å². The van der Waals surface area contributed by atoms with Gasteiger partial charge in [0.1, 0.15) is 11.4 Å². The number of aromatic amines is 1. The lowest BCUT2D eigenvalue weighted by Gasteiger charge is -2.46. The number of hydrogen-bond acceptors (Lipinski definition) is 5. The van der Waals surface area contributed by atoms with Gasteiger partial charge in [-0.15, -0.1) is 0 Å². The van der Waals surface area contributed by atoms with E-state index in [0.29, 0.717) is 12.2 Å². The number of H-pyrrole nitrogens is 1. The molecule has 4 rings (SSSR count). The van der Waals surface area contributed by atoms with Crippen LogP contribution < -0.4 is 10.5 Å². The molecule has 0 amide bonds. The third-order valence-electron chi connectivity index (χ3n) is 6.33. The second-order valence-electron chi connectivity index (χ2n) is 9.30. The van der Waals surface area contributed by atoms with Crippen molar-refractivity contribution in [1.82, 2.24) is 19.8 Å². The van der Waals surface area contributed by atoms with Crippen LogP contribution in [-0.2, 0) is 6.42 Å². The standard InChI is InChI=1S/C24H32FN5O/c1-16-13-28-23-22(16)21(7-8-27-23)31-20-6-5-17(12-19(20)25)11-18(26)14-30-10-9-29(4)24(2,3)15-30/h5-8,12-13,18H,9-11,14-15,26H2,1-4H3,(H,27,28). The maximum absolute atomic E-state index is 14.8. The number of benzene rings is 1. The van der Waals surface area contributed by atoms with Crippen molar-refractivity contribution >= 4 is 11.0 Å². The molecule has 0 bridgehead atoms. The number of nitrogens with two attached hydrogens (primary N) is 1. The molecule has 3 heterocycles. The molecule has 0 saturated carbocycles. The van der Waals surface area contributed by atoms with E-state index in [1.54, 1.807) is 18.3 Å². The molecule has 31 heavy (non-hydrogen) atoms. The van der Waals surface area contributed by atoms with Crippen LogP contribution in [0.5, 0.6) is 11.5 Å². The molecule has 6 nitrogen and oxygen atoms in total. The van der Waals surface area contributed by atoms with Crippen LogP contribution in [0, 0.1) is 12.7 Å². The molecule has 1 fully saturated rings. The van der Waals surface area contributed by atoms with E-state index >= 15 is 0 Å². The topological polar surface area (TPSA) is 70.4 Å². The summed E-state index contributed by atoms with van der Waals surface area (Å²) in [5.41, 5.74) is 9.17. The van der Waals surface area contributed by atoms with E-state index in [2.05, 4.69) is 40.7 Å². The SMILES string of the molecule is Cc1c[nH]c2nccc(Oc3ccc(CC(N)CN4CCN(C)C(C)(C)C4)cc3F)c12. The normalized spacial score (nSPS) is 18.4. The Kier molecular flexibility index (Phi) is 6.01. The minimum absolute atomic E-state index is 0.0484. The number of ether oxygens (including phenoxy) is 1. The minimum Gasteiger partial charge on any atom is -0.453 e. The van der Waals surface area contributed by atoms with Crippen molar-refractivity contribution in [2.24, 2.45) is 5.73 Å². The summed E-state index contributed by atoms with van der Waals surface area (Å²) >= 11 is 0. The average Bonchev–Trinajstić information content (AvgIpc) is 3.08. The van der Waals surface area contributed by atoms with E-state index in [9.17, 15) is 4.39 Å². The van der Waals surface area contributed by atoms with Crippen molar-refractivity contribution in [2.45, 2.75) is 38.8 Å². The van der Waals surface area contributed by atoms with Gasteiger partial charge in [-0.3, -0.25) is 9.80 Å². The zero-order valence-corrected chi connectivity index (χ0v) is 18.8. The van der Waals surface area contributed by atoms with Gasteiger partial charge in [-0.2, -0.15) is 0 Å². The largest absolute Gasteiger partial charge is 0.453 e. The van der Waals surface area contributed by atoms with Crippen LogP contribution in [0.2, 0.25) is 0 Å². The molecule has 0 spiro atoms. The van der Waals surface area contributed by atoms with Gasteiger partial charge in [-0.05, 0) is 63.6 Å². The molecule has 1 unspecified atom stereocenters. The van der Waals surface area contributed by atoms with E-state index in [1.807, 2.05) is 19.2 Å². The van der Waals surface area contributed by atoms with Gasteiger partial charge in [-0.1, -0.05) is 6.07 Å². The first-order valence-electron chi connectivity index (χ1n) is 10.8. The maximum Gasteiger partial charge on any atom is 0.165 e. The zero-order valence-electron chi connectivity index (χ0n) is 18.8. The molecule has 3 aromatic rings. The fourth-order valence-electron chi connectivity index (χ4n) is 4.34. The number of nitrogens with one attached hydrogen (secondary N) is 1. The molecule has 1 saturated heterocycles. The summed E-state index contributed by atoms with van der Waals surface area (Å²) in [5, 5.41) is 0.864. The number of aromatic nitrogens is 2. The Morgan fingerprint density at radius 3 is 2.81 bits per heavy atom. The molecule has 166 valence electrons. The van der Waals surface area contributed by atoms with Crippen LogP contribution in [-0.4, -0.2) is 64.6 Å². The maximum atomic E-state index is 14.8. The van der Waals surface area contributed by atoms with Crippen LogP contribution in [0.15, 0.2) is 36.7 Å². The predicted molar refractivity (Wildman–Crippen MR) is 122 cm³/mol. The molecule has 1 aliphatic heterocycles. The first-order valence-corrected chi connectivity index (χ1v) is 10.8. The van der Waals surface area contributed by atoms with Crippen LogP contribution in [0.3, 0.4) is 0 Å². The van der Waals surface area contributed by atoms with Gasteiger partial charge in [-0.25, -0.2) is 9.37 Å². The first-order chi connectivity index (χ1) is 14.7. The number of likely N-dealkylation sites (N-methyl/N-ethyl adjacent to an activating group) is 1. The van der Waals surface area contributed by atoms with Gasteiger partial charge in [0.2, 0.25) is 0 Å². The highest BCUT2D eigenvalue weighted by Crippen LogP contribution is 2.32. The fraction of sp³-hybridized carbons (Fsp3) is 0.458. The first kappa shape index (κ1) is 21.7. The number of aryl methyl sites for hydroxylation is 1. The average molecular weight is 426 g/mol. The Morgan fingerprint density at radius 2 is 2.06 bits per heavy atom. The summed E-state index contributed by atoms with van der Waals surface area (Å²) in [6, 6.07) is 6.82. The van der Waals surface area contributed by atoms with E-state index in [1.165, 1.54) is 6.07 Å². The third kappa shape index (κ3) is 4.74. The van der Waals surface area contributed by atoms with E-state index < -0.39 is 0 Å². The zero-order chi connectivity index (χ0) is 22.2. The molecule has 0 aliphatic carbocycles. The number of fused-ring (bicyclic) bond motifs is 1. The number of hydrogen-bond donors (Lipinski definition) is 2. The molecule has 2 aromatic heterocycles. The summed E-state index contributed by atoms with van der Waals surface area (Å²) in [6.45, 7) is 10.3. The molecular formula is C24H32FN5O. The highest BCUT2D eigenvalue weighted by molar-refractivity contribution is 5.86. The van der Waals surface area contributed by atoms with Gasteiger partial charge in [0.05, 0.1) is 5.39 Å². The Bertz CT molecular complexity index is 1060. The predicted octanol–water partition coefficient (Wildman–Crippen LogP) is 3.70. The van der Waals surface area contributed by atoms with Crippen LogP contribution in [0.4, 0.5) is 4.39 Å². The summed E-state index contributed by atoms with van der Waals surface area (Å²) in [6.07, 6.45) is 4.14. The van der Waals surface area contributed by atoms with E-state index in [4.69, 9.17) is 10.5 Å². The highest BCUT2D eigenvalue weighted by atomic mass is 19.1. The molecule has 1 atom stereocenters. The Balaban J connectivity index is 1.41. The van der Waals surface area contributed by atoms with Gasteiger partial charge in [0.25, 0.3) is 0 Å². The van der Waals surface area contributed by atoms with Crippen LogP contribution in [0.1, 0.15) is 25.0 Å². The van der Waals surface area contributed by atoms with Gasteiger partial charge in [0.15, 0.2) is 11.6 Å². The fourth-order valence-corrected chi connectivity index (χ4v) is 4.34. The Labute approximate surface area is 183 Å². The molecule has 1 aliphatic rings. The van der Waals surface area contributed by atoms with E-state index in [-0.39, 0.29) is 23.1 Å². The lowest BCUT2D eigenvalue weighted by Crippen LogP contribution is -2.59. The minimum atomic E-state index is -0.386. The van der Waals surface area contributed by atoms with Crippen LogP contribution in [0.25, 0.3) is 11.0 Å². The third-order valence-corrected chi connectivity index (χ3v) is 6.33. The second kappa shape index (κ2) is 8.57. The Hall–Kier alpha value is -2.48. The molecule has 1 aromatic carbocycles. The number of piperazine rings is 1. The number of nitrogens with zero attached hydrogens (tertiary/aromatic N) is 3. The van der Waals surface area contributed by atoms with Gasteiger partial charge in [0, 0.05) is 50.2 Å². The highest BCUT2D eigenvalue weighted by Gasteiger charge is 2.31. The quantitative estimate of drug-likeness (QED) is 0.630. The molecule has 0 radical (unpaired) electrons. The summed E-state index contributed by atoms with van der Waals surface area (Å²) in [4.78, 5) is 12.2. The smallest absolute Gasteiger partial charge is 0.165 e. The summed E-state index contributed by atoms with van der Waals surface area (Å²) < 4.78 is 20.7. The number of halogens is 1. The van der Waals surface area contributed by atoms with Crippen molar-refractivity contribution in [1.29, 1.82) is 0 Å². The summed E-state index contributed by atoms with van der Waals surface area (Å²) in [5.74, 6) is 0.402. The lowest BCUT2D eigenvalue weighted by molar-refractivity contribution is 0.0373. The number of pyridine rings is 1. The monoisotopic (exact) mass is 425 g/mol. The van der Waals surface area contributed by atoms with Crippen molar-refractivity contribution in [3.05, 3.63) is 53.6 Å². The molecular weight excluding hydrogens is 393 g/mol. The van der Waals surface area contributed by atoms with E-state index in [0.717, 1.165) is 48.3 Å². The second-order valence-corrected chi connectivity index (χ2v) is 9.30. The van der Waals surface area contributed by atoms with Crippen molar-refractivity contribution in [3.8, 4) is 11.5 Å². The summed E-state index contributed by atoms with van der Waals surface area (Å²) in [7, 11) is 2.16. The lowest BCUT2D eigenvalue weighted by atomic mass is 9.98. The van der Waals surface area contributed by atoms with Crippen molar-refractivity contribution in [3.63, 3.8) is 0 Å². The number of rotatable bonds is 6. The van der Waals surface area contributed by atoms with Gasteiger partial charge < -0.3 is 15.5 Å². The Morgan fingerprint density at radius 1 is 1.26 bits per heavy atom. The molecule has 7 heteroatoms. The van der Waals surface area contributed by atoms with Crippen LogP contribution >= 0.6 is 0 Å². The molecule has 3 N–H and O–H groups in total.